The maximum absolute atomic E-state index is 13.1. The van der Waals surface area contributed by atoms with E-state index in [1.165, 1.54) is 24.3 Å². The predicted molar refractivity (Wildman–Crippen MR) is 86.1 cm³/mol. The van der Waals surface area contributed by atoms with Gasteiger partial charge in [-0.15, -0.1) is 0 Å². The van der Waals surface area contributed by atoms with Gasteiger partial charge in [-0.3, -0.25) is 9.69 Å². The molecule has 7 nitrogen and oxygen atoms in total. The molecule has 0 bridgehead atoms. The molecule has 1 fully saturated rings. The zero-order valence-corrected chi connectivity index (χ0v) is 14.2. The fourth-order valence-corrected chi connectivity index (χ4v) is 2.72. The number of hydrogen-bond acceptors (Lipinski definition) is 5. The molecule has 0 aliphatic carbocycles. The van der Waals surface area contributed by atoms with Crippen LogP contribution in [0.25, 0.3) is 0 Å². The molecule has 1 saturated heterocycles. The smallest absolute Gasteiger partial charge is 0.332 e. The lowest BCUT2D eigenvalue weighted by molar-refractivity contribution is -0.148. The highest BCUT2D eigenvalue weighted by atomic mass is 19.1. The van der Waals surface area contributed by atoms with Gasteiger partial charge in [-0.2, -0.15) is 0 Å². The number of nitrogens with zero attached hydrogens (tertiary/aromatic N) is 1. The lowest BCUT2D eigenvalue weighted by Gasteiger charge is -2.25. The second-order valence-corrected chi connectivity index (χ2v) is 5.51. The lowest BCUT2D eigenvalue weighted by Crippen LogP contribution is -2.43. The van der Waals surface area contributed by atoms with Gasteiger partial charge in [0.2, 0.25) is 0 Å². The van der Waals surface area contributed by atoms with Crippen LogP contribution in [0.1, 0.15) is 25.8 Å². The van der Waals surface area contributed by atoms with Crippen molar-refractivity contribution in [1.29, 1.82) is 0 Å². The van der Waals surface area contributed by atoms with Crippen molar-refractivity contribution in [2.24, 2.45) is 0 Å². The Bertz CT molecular complexity index is 649. The zero-order valence-electron chi connectivity index (χ0n) is 14.2. The van der Waals surface area contributed by atoms with Crippen LogP contribution >= 0.6 is 0 Å². The van der Waals surface area contributed by atoms with Crippen LogP contribution in [0.3, 0.4) is 0 Å². The topological polar surface area (TPSA) is 84.9 Å². The highest BCUT2D eigenvalue weighted by Crippen LogP contribution is 2.32. The highest BCUT2D eigenvalue weighted by Gasteiger charge is 2.50. The number of benzene rings is 1. The van der Waals surface area contributed by atoms with Gasteiger partial charge in [-0.05, 0) is 31.0 Å². The number of carbonyl (C=O) groups is 3. The molecular weight excluding hydrogens is 331 g/mol. The number of halogens is 1. The number of imide groups is 1. The molecule has 0 spiro atoms. The summed E-state index contributed by atoms with van der Waals surface area (Å²) < 4.78 is 23.0. The third-order valence-corrected chi connectivity index (χ3v) is 4.03. The first-order valence-electron chi connectivity index (χ1n) is 8.08. The fourth-order valence-electron chi connectivity index (χ4n) is 2.72. The maximum Gasteiger partial charge on any atom is 0.332 e. The van der Waals surface area contributed by atoms with E-state index in [1.807, 2.05) is 0 Å². The van der Waals surface area contributed by atoms with E-state index in [9.17, 15) is 18.8 Å². The van der Waals surface area contributed by atoms with Gasteiger partial charge in [0.05, 0.1) is 19.8 Å². The summed E-state index contributed by atoms with van der Waals surface area (Å²) in [4.78, 5) is 37.2. The Morgan fingerprint density at radius 3 is 2.52 bits per heavy atom. The highest BCUT2D eigenvalue weighted by molar-refractivity contribution is 6.07. The molecule has 25 heavy (non-hydrogen) atoms. The average molecular weight is 352 g/mol. The molecule has 0 saturated carbocycles. The predicted octanol–water partition coefficient (Wildman–Crippen LogP) is 1.56. The van der Waals surface area contributed by atoms with Gasteiger partial charge in [-0.25, -0.2) is 14.0 Å². The van der Waals surface area contributed by atoms with Crippen molar-refractivity contribution in [3.8, 4) is 0 Å². The number of rotatable bonds is 8. The molecule has 0 radical (unpaired) electrons. The monoisotopic (exact) mass is 352 g/mol. The van der Waals surface area contributed by atoms with Gasteiger partial charge in [0.15, 0.2) is 0 Å². The van der Waals surface area contributed by atoms with Crippen molar-refractivity contribution in [3.63, 3.8) is 0 Å². The Hall–Kier alpha value is -2.48. The lowest BCUT2D eigenvalue weighted by atomic mass is 9.87. The van der Waals surface area contributed by atoms with Crippen LogP contribution < -0.4 is 5.32 Å². The van der Waals surface area contributed by atoms with E-state index in [1.54, 1.807) is 13.8 Å². The van der Waals surface area contributed by atoms with Crippen LogP contribution in [0.2, 0.25) is 0 Å². The van der Waals surface area contributed by atoms with Gasteiger partial charge in [0.25, 0.3) is 5.91 Å². The summed E-state index contributed by atoms with van der Waals surface area (Å²) in [6, 6.07) is 4.92. The van der Waals surface area contributed by atoms with E-state index in [4.69, 9.17) is 9.47 Å². The molecule has 1 atom stereocenters. The zero-order chi connectivity index (χ0) is 18.4. The van der Waals surface area contributed by atoms with Crippen LogP contribution in [0.4, 0.5) is 9.18 Å². The van der Waals surface area contributed by atoms with Crippen LogP contribution in [0, 0.1) is 5.82 Å². The van der Waals surface area contributed by atoms with Crippen LogP contribution in [0.5, 0.6) is 0 Å². The van der Waals surface area contributed by atoms with E-state index in [2.05, 4.69) is 5.32 Å². The molecule has 1 aromatic rings. The summed E-state index contributed by atoms with van der Waals surface area (Å²) >= 11 is 0. The fraction of sp³-hybridized carbons (Fsp3) is 0.471. The Kier molecular flexibility index (Phi) is 6.08. The van der Waals surface area contributed by atoms with Gasteiger partial charge in [0, 0.05) is 0 Å². The second kappa shape index (κ2) is 8.06. The minimum absolute atomic E-state index is 0.00696. The third-order valence-electron chi connectivity index (χ3n) is 4.03. The van der Waals surface area contributed by atoms with Crippen LogP contribution in [-0.4, -0.2) is 49.2 Å². The van der Waals surface area contributed by atoms with E-state index < -0.39 is 29.3 Å². The molecule has 1 aliphatic rings. The molecule has 2 rings (SSSR count). The van der Waals surface area contributed by atoms with Crippen molar-refractivity contribution in [1.82, 2.24) is 10.2 Å². The summed E-state index contributed by atoms with van der Waals surface area (Å²) in [6.07, 6.45) is 0.323. The SMILES string of the molecule is CCOC(=O)COCCN1C(=O)N[C@@](CC)(c2ccc(F)cc2)C1=O. The number of amides is 3. The Morgan fingerprint density at radius 2 is 1.92 bits per heavy atom. The van der Waals surface area contributed by atoms with E-state index >= 15 is 0 Å². The van der Waals surface area contributed by atoms with Gasteiger partial charge < -0.3 is 14.8 Å². The molecule has 1 aromatic carbocycles. The van der Waals surface area contributed by atoms with Crippen molar-refractivity contribution >= 4 is 17.9 Å². The normalized spacial score (nSPS) is 19.9. The van der Waals surface area contributed by atoms with Crippen molar-refractivity contribution in [3.05, 3.63) is 35.6 Å². The molecule has 0 unspecified atom stereocenters. The molecular formula is C17H21FN2O5. The maximum atomic E-state index is 13.1. The molecule has 1 heterocycles. The standard InChI is InChI=1S/C17H21FN2O5/c1-3-17(12-5-7-13(18)8-6-12)15(22)20(16(23)19-17)9-10-24-11-14(21)25-4-2/h5-8H,3-4,9-11H2,1-2H3,(H,19,23)/t17-/m0/s1. The number of carbonyl (C=O) groups excluding carboxylic acids is 3. The third kappa shape index (κ3) is 3.96. The number of esters is 1. The van der Waals surface area contributed by atoms with Crippen LogP contribution in [-0.2, 0) is 24.6 Å². The molecule has 0 aromatic heterocycles. The first-order chi connectivity index (χ1) is 11.9. The minimum Gasteiger partial charge on any atom is -0.464 e. The van der Waals surface area contributed by atoms with E-state index in [0.717, 1.165) is 4.90 Å². The Labute approximate surface area is 145 Å². The first-order valence-corrected chi connectivity index (χ1v) is 8.08. The summed E-state index contributed by atoms with van der Waals surface area (Å²) in [5, 5.41) is 2.69. The second-order valence-electron chi connectivity index (χ2n) is 5.51. The molecule has 8 heteroatoms. The average Bonchev–Trinajstić information content (AvgIpc) is 2.84. The van der Waals surface area contributed by atoms with E-state index in [-0.39, 0.29) is 26.4 Å². The van der Waals surface area contributed by atoms with E-state index in [0.29, 0.717) is 12.0 Å². The molecule has 1 N–H and O–H groups in total. The first kappa shape index (κ1) is 18.9. The Morgan fingerprint density at radius 1 is 1.24 bits per heavy atom. The number of nitrogens with one attached hydrogen (secondary N) is 1. The minimum atomic E-state index is -1.22. The van der Waals surface area contributed by atoms with Crippen molar-refractivity contribution in [2.75, 3.05) is 26.4 Å². The summed E-state index contributed by atoms with van der Waals surface area (Å²) in [6.45, 7) is 3.49. The van der Waals surface area contributed by atoms with Crippen LogP contribution in [0.15, 0.2) is 24.3 Å². The number of ether oxygens (including phenoxy) is 2. The summed E-state index contributed by atoms with van der Waals surface area (Å²) in [5.74, 6) is -1.35. The van der Waals surface area contributed by atoms with Crippen molar-refractivity contribution in [2.45, 2.75) is 25.8 Å². The molecule has 136 valence electrons. The molecule has 1 aliphatic heterocycles. The largest absolute Gasteiger partial charge is 0.464 e. The van der Waals surface area contributed by atoms with Gasteiger partial charge >= 0.3 is 12.0 Å². The quantitative estimate of drug-likeness (QED) is 0.436. The number of urea groups is 1. The summed E-state index contributed by atoms with van der Waals surface area (Å²) in [7, 11) is 0. The Balaban J connectivity index is 2.02. The van der Waals surface area contributed by atoms with Crippen molar-refractivity contribution < 1.29 is 28.2 Å². The number of hydrogen-bond donors (Lipinski definition) is 1. The van der Waals surface area contributed by atoms with Gasteiger partial charge in [-0.1, -0.05) is 19.1 Å². The van der Waals surface area contributed by atoms with Gasteiger partial charge in [0.1, 0.15) is 18.0 Å². The molecule has 3 amide bonds. The summed E-state index contributed by atoms with van der Waals surface area (Å²) in [5.41, 5.74) is -0.698.